The quantitative estimate of drug-likeness (QED) is 0.459. The average Bonchev–Trinajstić information content (AvgIpc) is 3.69. The maximum absolute atomic E-state index is 3.74. The van der Waals surface area contributed by atoms with Gasteiger partial charge in [0.15, 0.2) is 0 Å². The molecule has 0 bridgehead atoms. The topological polar surface area (TPSA) is 148 Å². The van der Waals surface area contributed by atoms with E-state index < -0.39 is 0 Å². The van der Waals surface area contributed by atoms with Gasteiger partial charge >= 0.3 is 0 Å². The Bertz CT molecular complexity index is 555. The van der Waals surface area contributed by atoms with Crippen LogP contribution in [0.1, 0.15) is 0 Å². The van der Waals surface area contributed by atoms with Gasteiger partial charge in [-0.25, -0.2) is 30.0 Å². The van der Waals surface area contributed by atoms with E-state index in [1.54, 1.807) is 75.3 Å². The zero-order chi connectivity index (χ0) is 21.2. The van der Waals surface area contributed by atoms with Gasteiger partial charge in [-0.1, -0.05) is 0 Å². The second-order valence-corrected chi connectivity index (χ2v) is 4.87. The number of hydrogen-bond acceptors (Lipinski definition) is 12. The minimum atomic E-state index is 0. The smallest absolute Gasteiger partial charge is 0.109 e. The Morgan fingerprint density at radius 3 is 0.484 bits per heavy atom. The van der Waals surface area contributed by atoms with Crippen molar-refractivity contribution in [1.29, 1.82) is 0 Å². The summed E-state index contributed by atoms with van der Waals surface area (Å²) < 4.78 is 0. The molecule has 0 unspecified atom stereocenters. The molecule has 0 N–H and O–H groups in total. The van der Waals surface area contributed by atoms with Crippen molar-refractivity contribution in [2.24, 2.45) is 59.9 Å². The van der Waals surface area contributed by atoms with E-state index in [9.17, 15) is 0 Å². The molecule has 0 spiro atoms. The Hall–Kier alpha value is -3.47. The molecule has 6 heterocycles. The van der Waals surface area contributed by atoms with Gasteiger partial charge in [0.25, 0.3) is 0 Å². The Morgan fingerprint density at radius 2 is 0.452 bits per heavy atom. The van der Waals surface area contributed by atoms with E-state index in [1.165, 1.54) is 0 Å². The third kappa shape index (κ3) is 22.7. The number of nitrogens with zero attached hydrogens (tertiary/aromatic N) is 12. The molecule has 0 saturated carbocycles. The zero-order valence-electron chi connectivity index (χ0n) is 16.9. The molecule has 12 nitrogen and oxygen atoms in total. The van der Waals surface area contributed by atoms with Gasteiger partial charge in [0, 0.05) is 53.8 Å². The first-order valence-corrected chi connectivity index (χ1v) is 8.99. The van der Waals surface area contributed by atoms with Crippen LogP contribution in [0.3, 0.4) is 0 Å². The molecule has 13 heteroatoms. The first kappa shape index (κ1) is 27.5. The van der Waals surface area contributed by atoms with Gasteiger partial charge in [-0.05, 0) is 0 Å². The molecule has 0 aromatic rings. The van der Waals surface area contributed by atoms with Gasteiger partial charge in [0.05, 0.1) is 39.3 Å². The van der Waals surface area contributed by atoms with Gasteiger partial charge in [0.2, 0.25) is 0 Å². The van der Waals surface area contributed by atoms with Crippen molar-refractivity contribution >= 4 is 75.3 Å². The molecule has 0 fully saturated rings. The largest absolute Gasteiger partial charge is 0.268 e. The predicted octanol–water partition coefficient (Wildman–Crippen LogP) is 0.592. The molecule has 0 aliphatic carbocycles. The summed E-state index contributed by atoms with van der Waals surface area (Å²) in [5.74, 6) is 0. The predicted molar refractivity (Wildman–Crippen MR) is 131 cm³/mol. The molecule has 0 amide bonds. The zero-order valence-corrected chi connectivity index (χ0v) is 17.8. The third-order valence-electron chi connectivity index (χ3n) is 2.64. The molecule has 6 aliphatic rings. The maximum Gasteiger partial charge on any atom is 0.109 e. The van der Waals surface area contributed by atoms with Gasteiger partial charge in [-0.15, -0.1) is 0 Å². The maximum atomic E-state index is 3.74. The summed E-state index contributed by atoms with van der Waals surface area (Å²) in [4.78, 5) is 44.4. The van der Waals surface area contributed by atoms with Gasteiger partial charge < -0.3 is 0 Å². The van der Waals surface area contributed by atoms with E-state index >= 15 is 0 Å². The van der Waals surface area contributed by atoms with Crippen LogP contribution in [0, 0.1) is 0 Å². The first-order valence-electron chi connectivity index (χ1n) is 8.99. The normalized spacial score (nSPS) is 17.0. The van der Waals surface area contributed by atoms with E-state index in [-0.39, 0.29) is 16.5 Å². The van der Waals surface area contributed by atoms with E-state index in [0.29, 0.717) is 0 Å². The Kier molecular flexibility index (Phi) is 21.8. The molecular weight excluding hydrogens is 443 g/mol. The molecule has 0 atom stereocenters. The summed E-state index contributed by atoms with van der Waals surface area (Å²) in [7, 11) is 0. The second kappa shape index (κ2) is 24.6. The Balaban J connectivity index is 0.000000346. The van der Waals surface area contributed by atoms with Crippen LogP contribution in [-0.4, -0.2) is 115 Å². The van der Waals surface area contributed by atoms with Crippen LogP contribution >= 0.6 is 0 Å². The average molecular weight is 467 g/mol. The minimum absolute atomic E-state index is 0. The van der Waals surface area contributed by atoms with Crippen molar-refractivity contribution in [3.8, 4) is 0 Å². The number of aliphatic imine (C=N–C) groups is 12. The van der Waals surface area contributed by atoms with E-state index in [0.717, 1.165) is 39.3 Å². The summed E-state index contributed by atoms with van der Waals surface area (Å²) in [6.45, 7) is 4.67. The van der Waals surface area contributed by atoms with Crippen LogP contribution in [-0.2, 0) is 16.5 Å². The number of rotatable bonds is 0. The summed E-state index contributed by atoms with van der Waals surface area (Å²) in [5.41, 5.74) is 0. The molecule has 0 aromatic heterocycles. The van der Waals surface area contributed by atoms with Crippen LogP contribution in [0.2, 0.25) is 0 Å². The van der Waals surface area contributed by atoms with Crippen molar-refractivity contribution in [3.05, 3.63) is 0 Å². The van der Waals surface area contributed by atoms with Crippen molar-refractivity contribution in [1.82, 2.24) is 0 Å². The number of hydrogen-bond donors (Lipinski definition) is 0. The van der Waals surface area contributed by atoms with Crippen molar-refractivity contribution in [2.75, 3.05) is 39.3 Å². The summed E-state index contributed by atoms with van der Waals surface area (Å²) in [5, 5.41) is 0. The SMILES string of the molecule is C1=NC=NC1.C1=NC=NC1.C1=NC=NC1.C1=NC=NC1.C1=NC=NC1.C1=NC=NC1.[Ni]. The van der Waals surface area contributed by atoms with Crippen molar-refractivity contribution in [2.45, 2.75) is 0 Å². The fourth-order valence-corrected chi connectivity index (χ4v) is 1.41. The van der Waals surface area contributed by atoms with Crippen LogP contribution < -0.4 is 0 Å². The fourth-order valence-electron chi connectivity index (χ4n) is 1.41. The first-order chi connectivity index (χ1) is 15.0. The molecule has 0 saturated heterocycles. The van der Waals surface area contributed by atoms with Crippen molar-refractivity contribution < 1.29 is 16.5 Å². The third-order valence-corrected chi connectivity index (χ3v) is 2.64. The van der Waals surface area contributed by atoms with Crippen molar-refractivity contribution in [3.63, 3.8) is 0 Å². The van der Waals surface area contributed by atoms with Crippen LogP contribution in [0.25, 0.3) is 0 Å². The molecule has 0 radical (unpaired) electrons. The van der Waals surface area contributed by atoms with Crippen LogP contribution in [0.15, 0.2) is 59.9 Å². The van der Waals surface area contributed by atoms with E-state index in [4.69, 9.17) is 0 Å². The molecule has 0 aromatic carbocycles. The van der Waals surface area contributed by atoms with Crippen LogP contribution in [0.4, 0.5) is 0 Å². The summed E-state index contributed by atoms with van der Waals surface area (Å²) in [6.07, 6.45) is 19.9. The Labute approximate surface area is 191 Å². The second-order valence-electron chi connectivity index (χ2n) is 4.87. The Morgan fingerprint density at radius 1 is 0.290 bits per heavy atom. The summed E-state index contributed by atoms with van der Waals surface area (Å²) in [6, 6.07) is 0. The summed E-state index contributed by atoms with van der Waals surface area (Å²) >= 11 is 0. The molecule has 6 rings (SSSR count). The fraction of sp³-hybridized carbons (Fsp3) is 0.333. The van der Waals surface area contributed by atoms with Gasteiger partial charge in [0.1, 0.15) is 38.0 Å². The molecule has 6 aliphatic heterocycles. The van der Waals surface area contributed by atoms with Crippen LogP contribution in [0.5, 0.6) is 0 Å². The van der Waals surface area contributed by atoms with Gasteiger partial charge in [-0.3, -0.25) is 30.0 Å². The monoisotopic (exact) mass is 466 g/mol. The molecule has 31 heavy (non-hydrogen) atoms. The van der Waals surface area contributed by atoms with E-state index in [1.807, 2.05) is 0 Å². The minimum Gasteiger partial charge on any atom is -0.268 e. The van der Waals surface area contributed by atoms with Gasteiger partial charge in [-0.2, -0.15) is 0 Å². The standard InChI is InChI=1S/6C3H4N2.Ni/c6*1-2-5-3-4-1;/h6*1,3H,2H2;. The molecule has 166 valence electrons. The molecular formula is C18H24N12Ni. The van der Waals surface area contributed by atoms with E-state index in [2.05, 4.69) is 59.9 Å².